The summed E-state index contributed by atoms with van der Waals surface area (Å²) in [4.78, 5) is 10.6. The van der Waals surface area contributed by atoms with Crippen LogP contribution in [0.25, 0.3) is 0 Å². The quantitative estimate of drug-likeness (QED) is 0.791. The first kappa shape index (κ1) is 10.8. The van der Waals surface area contributed by atoms with Crippen molar-refractivity contribution in [2.75, 3.05) is 4.31 Å². The Bertz CT molecular complexity index is 430. The van der Waals surface area contributed by atoms with Crippen molar-refractivity contribution in [3.8, 4) is 0 Å². The largest absolute Gasteiger partial charge is 0.464 e. The Labute approximate surface area is 85.1 Å². The minimum absolute atomic E-state index is 0.0185. The van der Waals surface area contributed by atoms with Gasteiger partial charge in [0.15, 0.2) is 0 Å². The maximum absolute atomic E-state index is 10.9. The van der Waals surface area contributed by atoms with E-state index in [1.807, 2.05) is 0 Å². The molecule has 1 N–H and O–H groups in total. The number of rotatable bonds is 2. The molecule has 7 heteroatoms. The van der Waals surface area contributed by atoms with E-state index in [1.54, 1.807) is 6.07 Å². The molecule has 0 spiro atoms. The number of halogens is 1. The molecule has 1 aromatic rings. The summed E-state index contributed by atoms with van der Waals surface area (Å²) in [5.74, 6) is 0. The van der Waals surface area contributed by atoms with Crippen LogP contribution in [0.5, 0.6) is 0 Å². The van der Waals surface area contributed by atoms with Gasteiger partial charge in [-0.2, -0.15) is 12.7 Å². The van der Waals surface area contributed by atoms with Crippen LogP contribution in [0.1, 0.15) is 0 Å². The molecule has 0 aliphatic heterocycles. The Morgan fingerprint density at radius 3 is 2.14 bits per heavy atom. The summed E-state index contributed by atoms with van der Waals surface area (Å²) < 4.78 is 21.9. The van der Waals surface area contributed by atoms with Crippen molar-refractivity contribution in [2.24, 2.45) is 0 Å². The van der Waals surface area contributed by atoms with Crippen molar-refractivity contribution in [3.05, 3.63) is 30.3 Å². The molecule has 0 saturated heterocycles. The van der Waals surface area contributed by atoms with Crippen molar-refractivity contribution in [3.63, 3.8) is 0 Å². The summed E-state index contributed by atoms with van der Waals surface area (Å²) in [6.07, 6.45) is -1.65. The first-order chi connectivity index (χ1) is 6.43. The predicted octanol–water partition coefficient (Wildman–Crippen LogP) is 1.65. The lowest BCUT2D eigenvalue weighted by atomic mass is 10.3. The van der Waals surface area contributed by atoms with E-state index < -0.39 is 15.3 Å². The second kappa shape index (κ2) is 3.85. The highest BCUT2D eigenvalue weighted by Crippen LogP contribution is 2.19. The van der Waals surface area contributed by atoms with Crippen LogP contribution >= 0.6 is 10.7 Å². The smallest absolute Gasteiger partial charge is 0.426 e. The minimum atomic E-state index is -4.31. The summed E-state index contributed by atoms with van der Waals surface area (Å²) in [6.45, 7) is 0. The van der Waals surface area contributed by atoms with E-state index in [1.165, 1.54) is 24.3 Å². The molecule has 0 unspecified atom stereocenters. The molecule has 0 atom stereocenters. The normalized spacial score (nSPS) is 10.9. The first-order valence-electron chi connectivity index (χ1n) is 3.46. The molecule has 0 aliphatic carbocycles. The Morgan fingerprint density at radius 1 is 1.29 bits per heavy atom. The van der Waals surface area contributed by atoms with Crippen LogP contribution in [-0.2, 0) is 9.24 Å². The molecule has 0 heterocycles. The molecule has 0 aliphatic rings. The van der Waals surface area contributed by atoms with Gasteiger partial charge in [-0.25, -0.2) is 4.79 Å². The van der Waals surface area contributed by atoms with Gasteiger partial charge in [-0.3, -0.25) is 0 Å². The zero-order valence-corrected chi connectivity index (χ0v) is 8.36. The van der Waals surface area contributed by atoms with Gasteiger partial charge in [-0.05, 0) is 12.1 Å². The van der Waals surface area contributed by atoms with Crippen molar-refractivity contribution in [1.29, 1.82) is 0 Å². The van der Waals surface area contributed by atoms with E-state index in [0.29, 0.717) is 0 Å². The first-order valence-corrected chi connectivity index (χ1v) is 5.72. The third-order valence-electron chi connectivity index (χ3n) is 1.38. The second-order valence-electron chi connectivity index (χ2n) is 2.32. The fourth-order valence-corrected chi connectivity index (χ4v) is 1.87. The summed E-state index contributed by atoms with van der Waals surface area (Å²) in [5.41, 5.74) is -0.0185. The van der Waals surface area contributed by atoms with E-state index in [-0.39, 0.29) is 9.99 Å². The van der Waals surface area contributed by atoms with Crippen LogP contribution in [0.4, 0.5) is 10.5 Å². The number of benzene rings is 1. The van der Waals surface area contributed by atoms with Gasteiger partial charge in [-0.1, -0.05) is 18.2 Å². The van der Waals surface area contributed by atoms with E-state index >= 15 is 0 Å². The number of nitrogens with zero attached hydrogens (tertiary/aromatic N) is 1. The fourth-order valence-electron chi connectivity index (χ4n) is 0.893. The average molecular weight is 236 g/mol. The molecule has 1 rings (SSSR count). The minimum Gasteiger partial charge on any atom is -0.464 e. The zero-order valence-electron chi connectivity index (χ0n) is 6.79. The number of para-hydroxylation sites is 1. The van der Waals surface area contributed by atoms with Crippen LogP contribution in [0.3, 0.4) is 0 Å². The molecule has 0 fully saturated rings. The van der Waals surface area contributed by atoms with Gasteiger partial charge in [-0.15, -0.1) is 0 Å². The maximum atomic E-state index is 10.9. The molecule has 1 amide bonds. The third kappa shape index (κ3) is 2.36. The van der Waals surface area contributed by atoms with Gasteiger partial charge in [0.1, 0.15) is 0 Å². The Hall–Kier alpha value is -1.27. The fraction of sp³-hybridized carbons (Fsp3) is 0. The highest BCUT2D eigenvalue weighted by molar-refractivity contribution is 8.15. The summed E-state index contributed by atoms with van der Waals surface area (Å²) in [5, 5.41) is 8.62. The van der Waals surface area contributed by atoms with Gasteiger partial charge >= 0.3 is 15.3 Å². The lowest BCUT2D eigenvalue weighted by molar-refractivity contribution is 0.206. The number of carboxylic acid groups (broad SMARTS) is 1. The summed E-state index contributed by atoms with van der Waals surface area (Å²) in [7, 11) is 0.635. The monoisotopic (exact) mass is 235 g/mol. The Kier molecular flexibility index (Phi) is 2.97. The Morgan fingerprint density at radius 2 is 1.79 bits per heavy atom. The third-order valence-corrected chi connectivity index (χ3v) is 2.60. The topological polar surface area (TPSA) is 74.7 Å². The van der Waals surface area contributed by atoms with E-state index in [2.05, 4.69) is 0 Å². The number of carbonyl (C=O) groups is 1. The number of hydrogen-bond donors (Lipinski definition) is 1. The summed E-state index contributed by atoms with van der Waals surface area (Å²) >= 11 is 0. The van der Waals surface area contributed by atoms with Crippen molar-refractivity contribution >= 4 is 31.7 Å². The Balaban J connectivity index is 3.22. The van der Waals surface area contributed by atoms with Gasteiger partial charge < -0.3 is 5.11 Å². The molecule has 5 nitrogen and oxygen atoms in total. The van der Waals surface area contributed by atoms with E-state index in [9.17, 15) is 13.2 Å². The SMILES string of the molecule is O=C(O)N(c1ccccc1)S(=O)(=O)Cl. The molecular formula is C7H6ClNO4S. The molecule has 1 aromatic carbocycles. The summed E-state index contributed by atoms with van der Waals surface area (Å²) in [6, 6.07) is 7.30. The lowest BCUT2D eigenvalue weighted by Crippen LogP contribution is -2.32. The number of hydrogen-bond acceptors (Lipinski definition) is 3. The van der Waals surface area contributed by atoms with Gasteiger partial charge in [0.2, 0.25) is 0 Å². The maximum Gasteiger partial charge on any atom is 0.426 e. The molecular weight excluding hydrogens is 230 g/mol. The van der Waals surface area contributed by atoms with E-state index in [4.69, 9.17) is 15.8 Å². The standard InChI is InChI=1S/C7H6ClNO4S/c8-14(12,13)9(7(10)11)6-4-2-1-3-5-6/h1-5H,(H,10,11). The second-order valence-corrected chi connectivity index (χ2v) is 4.68. The molecule has 76 valence electrons. The molecule has 0 saturated carbocycles. The average Bonchev–Trinajstić information content (AvgIpc) is 2.02. The van der Waals surface area contributed by atoms with Gasteiger partial charge in [0.25, 0.3) is 0 Å². The highest BCUT2D eigenvalue weighted by atomic mass is 35.7. The van der Waals surface area contributed by atoms with Crippen LogP contribution in [0.15, 0.2) is 30.3 Å². The van der Waals surface area contributed by atoms with Gasteiger partial charge in [0, 0.05) is 10.7 Å². The van der Waals surface area contributed by atoms with Crippen LogP contribution in [0.2, 0.25) is 0 Å². The van der Waals surface area contributed by atoms with Crippen molar-refractivity contribution in [2.45, 2.75) is 0 Å². The molecule has 0 radical (unpaired) electrons. The zero-order chi connectivity index (χ0) is 10.8. The number of anilines is 1. The number of amides is 1. The lowest BCUT2D eigenvalue weighted by Gasteiger charge is -2.13. The molecule has 0 aromatic heterocycles. The predicted molar refractivity (Wildman–Crippen MR) is 51.7 cm³/mol. The molecule has 0 bridgehead atoms. The molecule has 14 heavy (non-hydrogen) atoms. The van der Waals surface area contributed by atoms with Crippen LogP contribution in [0, 0.1) is 0 Å². The van der Waals surface area contributed by atoms with Gasteiger partial charge in [0.05, 0.1) is 5.69 Å². The van der Waals surface area contributed by atoms with Crippen LogP contribution < -0.4 is 4.31 Å². The van der Waals surface area contributed by atoms with Crippen molar-refractivity contribution < 1.29 is 18.3 Å². The van der Waals surface area contributed by atoms with Crippen LogP contribution in [-0.4, -0.2) is 19.6 Å². The van der Waals surface area contributed by atoms with Crippen molar-refractivity contribution in [1.82, 2.24) is 0 Å². The highest BCUT2D eigenvalue weighted by Gasteiger charge is 2.26. The van der Waals surface area contributed by atoms with E-state index in [0.717, 1.165) is 0 Å².